The summed E-state index contributed by atoms with van der Waals surface area (Å²) in [5.74, 6) is -1.86. The number of methoxy groups -OCH3 is 1. The number of imide groups is 2. The lowest BCUT2D eigenvalue weighted by Gasteiger charge is -2.26. The number of amides is 4. The van der Waals surface area contributed by atoms with Crippen molar-refractivity contribution < 1.29 is 28.7 Å². The molecule has 0 unspecified atom stereocenters. The Bertz CT molecular complexity index is 1010. The molecule has 0 bridgehead atoms. The molecule has 0 aromatic heterocycles. The van der Waals surface area contributed by atoms with Gasteiger partial charge in [-0.05, 0) is 31.2 Å². The number of barbiturate groups is 1. The molecular weight excluding hydrogens is 376 g/mol. The third-order valence-corrected chi connectivity index (χ3v) is 4.19. The smallest absolute Gasteiger partial charge is 0.343 e. The maximum Gasteiger partial charge on any atom is 0.343 e. The fourth-order valence-electron chi connectivity index (χ4n) is 2.67. The summed E-state index contributed by atoms with van der Waals surface area (Å²) in [6, 6.07) is 12.5. The predicted octanol–water partition coefficient (Wildman–Crippen LogP) is 2.21. The van der Waals surface area contributed by atoms with Crippen LogP contribution in [0.15, 0.2) is 54.1 Å². The summed E-state index contributed by atoms with van der Waals surface area (Å²) < 4.78 is 9.94. The molecule has 0 radical (unpaired) electrons. The van der Waals surface area contributed by atoms with Crippen LogP contribution in [-0.4, -0.2) is 37.5 Å². The van der Waals surface area contributed by atoms with E-state index in [0.717, 1.165) is 10.5 Å². The lowest BCUT2D eigenvalue weighted by molar-refractivity contribution is -0.143. The molecule has 0 spiro atoms. The van der Waals surface area contributed by atoms with E-state index in [1.165, 1.54) is 13.2 Å². The first-order valence-corrected chi connectivity index (χ1v) is 8.67. The average molecular weight is 394 g/mol. The van der Waals surface area contributed by atoms with Gasteiger partial charge < -0.3 is 9.47 Å². The van der Waals surface area contributed by atoms with Gasteiger partial charge in [-0.1, -0.05) is 35.9 Å². The van der Waals surface area contributed by atoms with E-state index in [0.29, 0.717) is 11.3 Å². The van der Waals surface area contributed by atoms with Crippen molar-refractivity contribution in [3.8, 4) is 5.75 Å². The van der Waals surface area contributed by atoms with Crippen LogP contribution in [0.25, 0.3) is 6.08 Å². The summed E-state index contributed by atoms with van der Waals surface area (Å²) in [7, 11) is 1.24. The molecule has 0 atom stereocenters. The van der Waals surface area contributed by atoms with Gasteiger partial charge in [0, 0.05) is 5.56 Å². The summed E-state index contributed by atoms with van der Waals surface area (Å²) in [4.78, 5) is 49.7. The number of hydrogen-bond donors (Lipinski definition) is 1. The molecule has 2 aromatic carbocycles. The Morgan fingerprint density at radius 3 is 2.45 bits per heavy atom. The van der Waals surface area contributed by atoms with Crippen molar-refractivity contribution in [2.75, 3.05) is 18.6 Å². The van der Waals surface area contributed by atoms with Crippen molar-refractivity contribution in [3.63, 3.8) is 0 Å². The molecule has 4 amide bonds. The van der Waals surface area contributed by atoms with Crippen LogP contribution in [0.2, 0.25) is 0 Å². The zero-order valence-electron chi connectivity index (χ0n) is 15.8. The normalized spacial score (nSPS) is 15.3. The van der Waals surface area contributed by atoms with E-state index >= 15 is 0 Å². The molecule has 1 aliphatic rings. The predicted molar refractivity (Wildman–Crippen MR) is 104 cm³/mol. The highest BCUT2D eigenvalue weighted by Gasteiger charge is 2.36. The number of urea groups is 1. The molecular formula is C21H18N2O6. The molecule has 1 saturated heterocycles. The van der Waals surface area contributed by atoms with Crippen molar-refractivity contribution in [3.05, 3.63) is 65.2 Å². The second kappa shape index (κ2) is 8.39. The molecule has 148 valence electrons. The number of para-hydroxylation sites is 1. The van der Waals surface area contributed by atoms with Gasteiger partial charge in [0.1, 0.15) is 11.3 Å². The number of anilines is 1. The standard InChI is InChI=1S/C21H18N2O6/c1-13-7-9-15(10-8-13)23-20(26)16(19(25)22-21(23)27)11-14-5-3-4-6-17(14)29-12-18(24)28-2/h3-11H,12H2,1-2H3,(H,22,25,27). The third kappa shape index (κ3) is 4.32. The van der Waals surface area contributed by atoms with Crippen molar-refractivity contribution in [1.82, 2.24) is 5.32 Å². The number of aryl methyl sites for hydroxylation is 1. The van der Waals surface area contributed by atoms with Crippen molar-refractivity contribution in [2.45, 2.75) is 6.92 Å². The lowest BCUT2D eigenvalue weighted by Crippen LogP contribution is -2.54. The lowest BCUT2D eigenvalue weighted by atomic mass is 10.1. The van der Waals surface area contributed by atoms with E-state index in [9.17, 15) is 19.2 Å². The first-order chi connectivity index (χ1) is 13.9. The van der Waals surface area contributed by atoms with Crippen LogP contribution in [0, 0.1) is 6.92 Å². The highest BCUT2D eigenvalue weighted by Crippen LogP contribution is 2.25. The van der Waals surface area contributed by atoms with E-state index in [1.807, 2.05) is 6.92 Å². The Labute approximate surface area is 166 Å². The minimum atomic E-state index is -0.823. The molecule has 3 rings (SSSR count). The Morgan fingerprint density at radius 2 is 1.76 bits per heavy atom. The summed E-state index contributed by atoms with van der Waals surface area (Å²) in [5.41, 5.74) is 1.46. The van der Waals surface area contributed by atoms with Crippen LogP contribution in [0.4, 0.5) is 10.5 Å². The Hall–Kier alpha value is -3.94. The van der Waals surface area contributed by atoms with Gasteiger partial charge in [0.2, 0.25) is 0 Å². The highest BCUT2D eigenvalue weighted by atomic mass is 16.6. The number of benzene rings is 2. The maximum atomic E-state index is 12.9. The van der Waals surface area contributed by atoms with Crippen LogP contribution in [-0.2, 0) is 19.1 Å². The number of nitrogens with zero attached hydrogens (tertiary/aromatic N) is 1. The molecule has 1 aliphatic heterocycles. The number of carbonyl (C=O) groups is 4. The third-order valence-electron chi connectivity index (χ3n) is 4.19. The average Bonchev–Trinajstić information content (AvgIpc) is 2.71. The molecule has 8 heteroatoms. The Balaban J connectivity index is 1.95. The van der Waals surface area contributed by atoms with Gasteiger partial charge in [-0.15, -0.1) is 0 Å². The van der Waals surface area contributed by atoms with Crippen LogP contribution in [0.5, 0.6) is 5.75 Å². The van der Waals surface area contributed by atoms with Crippen LogP contribution < -0.4 is 15.0 Å². The number of nitrogens with one attached hydrogen (secondary N) is 1. The fourth-order valence-corrected chi connectivity index (χ4v) is 2.67. The van der Waals surface area contributed by atoms with Gasteiger partial charge in [0.15, 0.2) is 6.61 Å². The van der Waals surface area contributed by atoms with E-state index < -0.39 is 23.8 Å². The van der Waals surface area contributed by atoms with Crippen LogP contribution >= 0.6 is 0 Å². The minimum absolute atomic E-state index is 0.237. The second-order valence-electron chi connectivity index (χ2n) is 6.20. The SMILES string of the molecule is COC(=O)COc1ccccc1C=C1C(=O)NC(=O)N(c2ccc(C)cc2)C1=O. The summed E-state index contributed by atoms with van der Waals surface area (Å²) >= 11 is 0. The topological polar surface area (TPSA) is 102 Å². The van der Waals surface area contributed by atoms with Gasteiger partial charge >= 0.3 is 12.0 Å². The molecule has 1 heterocycles. The quantitative estimate of drug-likeness (QED) is 0.474. The number of esters is 1. The molecule has 2 aromatic rings. The van der Waals surface area contributed by atoms with Crippen LogP contribution in [0.3, 0.4) is 0 Å². The van der Waals surface area contributed by atoms with E-state index in [-0.39, 0.29) is 17.9 Å². The minimum Gasteiger partial charge on any atom is -0.481 e. The van der Waals surface area contributed by atoms with Gasteiger partial charge in [0.25, 0.3) is 11.8 Å². The van der Waals surface area contributed by atoms with E-state index in [2.05, 4.69) is 10.1 Å². The van der Waals surface area contributed by atoms with Crippen molar-refractivity contribution in [2.24, 2.45) is 0 Å². The van der Waals surface area contributed by atoms with E-state index in [1.54, 1.807) is 48.5 Å². The number of hydrogen-bond acceptors (Lipinski definition) is 6. The zero-order valence-corrected chi connectivity index (χ0v) is 15.8. The molecule has 29 heavy (non-hydrogen) atoms. The number of ether oxygens (including phenoxy) is 2. The molecule has 0 saturated carbocycles. The number of carbonyl (C=O) groups excluding carboxylic acids is 4. The molecule has 1 fully saturated rings. The summed E-state index contributed by atoms with van der Waals surface area (Å²) in [5, 5.41) is 2.17. The second-order valence-corrected chi connectivity index (χ2v) is 6.20. The molecule has 8 nitrogen and oxygen atoms in total. The zero-order chi connectivity index (χ0) is 21.0. The fraction of sp³-hybridized carbons (Fsp3) is 0.143. The van der Waals surface area contributed by atoms with Gasteiger partial charge in [0.05, 0.1) is 12.8 Å². The van der Waals surface area contributed by atoms with Crippen LogP contribution in [0.1, 0.15) is 11.1 Å². The number of rotatable bonds is 5. The summed E-state index contributed by atoms with van der Waals surface area (Å²) in [6.45, 7) is 1.55. The first kappa shape index (κ1) is 19.8. The first-order valence-electron chi connectivity index (χ1n) is 8.67. The largest absolute Gasteiger partial charge is 0.481 e. The van der Waals surface area contributed by atoms with Gasteiger partial charge in [-0.2, -0.15) is 0 Å². The maximum absolute atomic E-state index is 12.9. The van der Waals surface area contributed by atoms with Gasteiger partial charge in [-0.25, -0.2) is 14.5 Å². The summed E-state index contributed by atoms with van der Waals surface area (Å²) in [6.07, 6.45) is 1.32. The molecule has 1 N–H and O–H groups in total. The highest BCUT2D eigenvalue weighted by molar-refractivity contribution is 6.39. The van der Waals surface area contributed by atoms with Gasteiger partial charge in [-0.3, -0.25) is 14.9 Å². The van der Waals surface area contributed by atoms with E-state index in [4.69, 9.17) is 4.74 Å². The Morgan fingerprint density at radius 1 is 1.07 bits per heavy atom. The Kier molecular flexibility index (Phi) is 5.73. The monoisotopic (exact) mass is 394 g/mol. The van der Waals surface area contributed by atoms with Crippen molar-refractivity contribution >= 4 is 35.6 Å². The molecule has 0 aliphatic carbocycles. The van der Waals surface area contributed by atoms with Crippen molar-refractivity contribution in [1.29, 1.82) is 0 Å².